The Morgan fingerprint density at radius 1 is 1.53 bits per heavy atom. The molecule has 2 amide bonds. The van der Waals surface area contributed by atoms with Crippen LogP contribution in [0.4, 0.5) is 4.79 Å². The normalized spacial score (nSPS) is 16.9. The lowest BCUT2D eigenvalue weighted by Crippen LogP contribution is -2.40. The Morgan fingerprint density at radius 3 is 2.60 bits per heavy atom. The van der Waals surface area contributed by atoms with Crippen molar-refractivity contribution in [2.75, 3.05) is 13.6 Å². The molecule has 1 fully saturated rings. The van der Waals surface area contributed by atoms with E-state index in [9.17, 15) is 9.59 Å². The maximum Gasteiger partial charge on any atom is 0.332 e. The summed E-state index contributed by atoms with van der Waals surface area (Å²) in [5.41, 5.74) is 0. The van der Waals surface area contributed by atoms with Crippen LogP contribution >= 0.6 is 0 Å². The number of carboxylic acid groups (broad SMARTS) is 1. The van der Waals surface area contributed by atoms with Gasteiger partial charge in [0.15, 0.2) is 6.10 Å². The van der Waals surface area contributed by atoms with E-state index in [0.29, 0.717) is 6.04 Å². The van der Waals surface area contributed by atoms with E-state index in [2.05, 4.69) is 5.32 Å². The Kier molecular flexibility index (Phi) is 3.90. The summed E-state index contributed by atoms with van der Waals surface area (Å²) >= 11 is 0. The third-order valence-electron chi connectivity index (χ3n) is 2.39. The number of carbonyl (C=O) groups excluding carboxylic acids is 1. The molecule has 0 heterocycles. The molecule has 1 rings (SSSR count). The van der Waals surface area contributed by atoms with Crippen molar-refractivity contribution in [2.24, 2.45) is 0 Å². The van der Waals surface area contributed by atoms with E-state index in [1.807, 2.05) is 0 Å². The van der Waals surface area contributed by atoms with Crippen LogP contribution in [0.2, 0.25) is 0 Å². The molecule has 1 atom stereocenters. The van der Waals surface area contributed by atoms with Crippen molar-refractivity contribution in [3.8, 4) is 0 Å². The van der Waals surface area contributed by atoms with Crippen LogP contribution in [0, 0.1) is 0 Å². The molecule has 0 aromatic carbocycles. The molecule has 1 unspecified atom stereocenters. The summed E-state index contributed by atoms with van der Waals surface area (Å²) in [5, 5.41) is 19.9. The van der Waals surface area contributed by atoms with E-state index in [4.69, 9.17) is 10.2 Å². The largest absolute Gasteiger partial charge is 0.479 e. The summed E-state index contributed by atoms with van der Waals surface area (Å²) in [6.07, 6.45) is 0.680. The van der Waals surface area contributed by atoms with Gasteiger partial charge in [0.1, 0.15) is 0 Å². The number of carbonyl (C=O) groups is 2. The lowest BCUT2D eigenvalue weighted by Gasteiger charge is -2.17. The number of nitrogens with zero attached hydrogens (tertiary/aromatic N) is 1. The Balaban J connectivity index is 2.13. The number of hydrogen-bond acceptors (Lipinski definition) is 3. The molecule has 15 heavy (non-hydrogen) atoms. The van der Waals surface area contributed by atoms with Crippen LogP contribution in [-0.4, -0.2) is 52.9 Å². The maximum atomic E-state index is 11.4. The number of amides is 2. The minimum Gasteiger partial charge on any atom is -0.479 e. The first-order valence-electron chi connectivity index (χ1n) is 4.94. The number of carboxylic acids is 1. The molecule has 0 spiro atoms. The molecule has 0 radical (unpaired) electrons. The van der Waals surface area contributed by atoms with Crippen molar-refractivity contribution in [1.29, 1.82) is 0 Å². The van der Waals surface area contributed by atoms with Crippen LogP contribution in [0.15, 0.2) is 0 Å². The van der Waals surface area contributed by atoms with Gasteiger partial charge in [0.05, 0.1) is 0 Å². The minimum absolute atomic E-state index is 0.0274. The molecule has 3 N–H and O–H groups in total. The number of urea groups is 1. The highest BCUT2D eigenvalue weighted by Gasteiger charge is 2.29. The molecule has 1 aliphatic rings. The van der Waals surface area contributed by atoms with Crippen LogP contribution in [0.5, 0.6) is 0 Å². The summed E-state index contributed by atoms with van der Waals surface area (Å²) in [7, 11) is 1.71. The standard InChI is InChI=1S/C9H16N2O4/c1-11(6-2-3-6)9(15)10-5-4-7(12)8(13)14/h6-7,12H,2-5H2,1H3,(H,10,15)(H,13,14). The van der Waals surface area contributed by atoms with Crippen molar-refractivity contribution in [2.45, 2.75) is 31.4 Å². The highest BCUT2D eigenvalue weighted by atomic mass is 16.4. The molecule has 1 aliphatic carbocycles. The van der Waals surface area contributed by atoms with E-state index >= 15 is 0 Å². The number of hydrogen-bond donors (Lipinski definition) is 3. The van der Waals surface area contributed by atoms with E-state index < -0.39 is 12.1 Å². The van der Waals surface area contributed by atoms with Gasteiger partial charge in [-0.15, -0.1) is 0 Å². The first kappa shape index (κ1) is 11.8. The Hall–Kier alpha value is -1.30. The molecule has 0 saturated heterocycles. The lowest BCUT2D eigenvalue weighted by atomic mass is 10.2. The van der Waals surface area contributed by atoms with Crippen molar-refractivity contribution >= 4 is 12.0 Å². The van der Waals surface area contributed by atoms with Crippen molar-refractivity contribution in [3.05, 3.63) is 0 Å². The third-order valence-corrected chi connectivity index (χ3v) is 2.39. The van der Waals surface area contributed by atoms with Gasteiger partial charge in [-0.1, -0.05) is 0 Å². The number of aliphatic hydroxyl groups excluding tert-OH is 1. The zero-order chi connectivity index (χ0) is 11.4. The summed E-state index contributed by atoms with van der Waals surface area (Å²) in [5.74, 6) is -1.26. The van der Waals surface area contributed by atoms with Gasteiger partial charge in [-0.25, -0.2) is 9.59 Å². The summed E-state index contributed by atoms with van der Waals surface area (Å²) in [6.45, 7) is 0.170. The Labute approximate surface area is 87.9 Å². The second kappa shape index (κ2) is 4.97. The average Bonchev–Trinajstić information content (AvgIpc) is 2.99. The molecular formula is C9H16N2O4. The van der Waals surface area contributed by atoms with E-state index in [1.165, 1.54) is 0 Å². The summed E-state index contributed by atoms with van der Waals surface area (Å²) in [4.78, 5) is 23.2. The Morgan fingerprint density at radius 2 is 2.13 bits per heavy atom. The highest BCUT2D eigenvalue weighted by molar-refractivity contribution is 5.75. The topological polar surface area (TPSA) is 89.9 Å². The number of nitrogens with one attached hydrogen (secondary N) is 1. The molecule has 86 valence electrons. The number of aliphatic hydroxyl groups is 1. The fraction of sp³-hybridized carbons (Fsp3) is 0.778. The van der Waals surface area contributed by atoms with Crippen LogP contribution in [0.25, 0.3) is 0 Å². The first-order valence-corrected chi connectivity index (χ1v) is 4.94. The van der Waals surface area contributed by atoms with Gasteiger partial charge in [0.25, 0.3) is 0 Å². The SMILES string of the molecule is CN(C(=O)NCCC(O)C(=O)O)C1CC1. The van der Waals surface area contributed by atoms with Crippen LogP contribution in [0.3, 0.4) is 0 Å². The zero-order valence-electron chi connectivity index (χ0n) is 8.64. The van der Waals surface area contributed by atoms with Crippen LogP contribution < -0.4 is 5.32 Å². The minimum atomic E-state index is -1.41. The average molecular weight is 216 g/mol. The number of rotatable bonds is 5. The van der Waals surface area contributed by atoms with Gasteiger partial charge in [-0.05, 0) is 12.8 Å². The van der Waals surface area contributed by atoms with Gasteiger partial charge >= 0.3 is 12.0 Å². The Bertz CT molecular complexity index is 252. The van der Waals surface area contributed by atoms with Crippen LogP contribution in [-0.2, 0) is 4.79 Å². The monoisotopic (exact) mass is 216 g/mol. The molecule has 6 heteroatoms. The van der Waals surface area contributed by atoms with Gasteiger partial charge in [-0.3, -0.25) is 0 Å². The van der Waals surface area contributed by atoms with Crippen molar-refractivity contribution < 1.29 is 19.8 Å². The smallest absolute Gasteiger partial charge is 0.332 e. The van der Waals surface area contributed by atoms with E-state index in [1.54, 1.807) is 11.9 Å². The molecule has 0 aromatic rings. The summed E-state index contributed by atoms with van der Waals surface area (Å²) in [6, 6.07) is 0.115. The molecule has 0 aliphatic heterocycles. The van der Waals surface area contributed by atoms with Crippen LogP contribution in [0.1, 0.15) is 19.3 Å². The molecule has 0 aromatic heterocycles. The second-order valence-corrected chi connectivity index (χ2v) is 3.72. The fourth-order valence-electron chi connectivity index (χ4n) is 1.19. The van der Waals surface area contributed by atoms with Crippen molar-refractivity contribution in [3.63, 3.8) is 0 Å². The molecular weight excluding hydrogens is 200 g/mol. The fourth-order valence-corrected chi connectivity index (χ4v) is 1.19. The summed E-state index contributed by atoms with van der Waals surface area (Å²) < 4.78 is 0. The predicted octanol–water partition coefficient (Wildman–Crippen LogP) is -0.374. The van der Waals surface area contributed by atoms with Gasteiger partial charge in [-0.2, -0.15) is 0 Å². The third kappa shape index (κ3) is 3.75. The van der Waals surface area contributed by atoms with Crippen molar-refractivity contribution in [1.82, 2.24) is 10.2 Å². The van der Waals surface area contributed by atoms with Gasteiger partial charge in [0, 0.05) is 26.1 Å². The second-order valence-electron chi connectivity index (χ2n) is 3.72. The maximum absolute atomic E-state index is 11.4. The molecule has 6 nitrogen and oxygen atoms in total. The molecule has 1 saturated carbocycles. The lowest BCUT2D eigenvalue weighted by molar-refractivity contribution is -0.146. The van der Waals surface area contributed by atoms with E-state index in [0.717, 1.165) is 12.8 Å². The van der Waals surface area contributed by atoms with Gasteiger partial charge < -0.3 is 20.4 Å². The first-order chi connectivity index (χ1) is 7.02. The zero-order valence-corrected chi connectivity index (χ0v) is 8.64. The highest BCUT2D eigenvalue weighted by Crippen LogP contribution is 2.24. The number of aliphatic carboxylic acids is 1. The quantitative estimate of drug-likeness (QED) is 0.584. The molecule has 0 bridgehead atoms. The van der Waals surface area contributed by atoms with Gasteiger partial charge in [0.2, 0.25) is 0 Å². The predicted molar refractivity (Wildman–Crippen MR) is 52.4 cm³/mol. The van der Waals surface area contributed by atoms with E-state index in [-0.39, 0.29) is 19.0 Å².